The first kappa shape index (κ1) is 35.8. The Hall–Kier alpha value is -3.43. The van der Waals surface area contributed by atoms with Crippen LogP contribution in [0.2, 0.25) is 0 Å². The van der Waals surface area contributed by atoms with Crippen molar-refractivity contribution in [3.8, 4) is 0 Å². The fourth-order valence-electron chi connectivity index (χ4n) is 5.31. The Kier molecular flexibility index (Phi) is 15.8. The molecule has 3 rings (SSSR count). The van der Waals surface area contributed by atoms with Gasteiger partial charge in [-0.05, 0) is 50.2 Å². The molecule has 10 heteroatoms. The highest BCUT2D eigenvalue weighted by Crippen LogP contribution is 2.24. The van der Waals surface area contributed by atoms with Crippen LogP contribution in [0.4, 0.5) is 0 Å². The Balaban J connectivity index is 0.00000645. The summed E-state index contributed by atoms with van der Waals surface area (Å²) in [7, 11) is 0. The van der Waals surface area contributed by atoms with E-state index in [9.17, 15) is 24.3 Å². The van der Waals surface area contributed by atoms with Gasteiger partial charge in [0, 0.05) is 12.5 Å². The van der Waals surface area contributed by atoms with Crippen LogP contribution in [0.25, 0.3) is 0 Å². The zero-order valence-electron chi connectivity index (χ0n) is 25.2. The van der Waals surface area contributed by atoms with E-state index in [0.717, 1.165) is 49.7 Å². The number of ether oxygens (including phenoxy) is 1. The van der Waals surface area contributed by atoms with Crippen LogP contribution in [-0.2, 0) is 36.8 Å². The molecule has 43 heavy (non-hydrogen) atoms. The Morgan fingerprint density at radius 3 is 2.14 bits per heavy atom. The average Bonchev–Trinajstić information content (AvgIpc) is 3.53. The van der Waals surface area contributed by atoms with Crippen molar-refractivity contribution in [2.75, 3.05) is 13.2 Å². The lowest BCUT2D eigenvalue weighted by Crippen LogP contribution is -2.56. The monoisotopic (exact) mass is 615 g/mol. The van der Waals surface area contributed by atoms with E-state index in [-0.39, 0.29) is 37.3 Å². The van der Waals surface area contributed by atoms with Crippen molar-refractivity contribution in [3.05, 3.63) is 71.8 Å². The minimum absolute atomic E-state index is 0. The van der Waals surface area contributed by atoms with Crippen molar-refractivity contribution in [1.29, 1.82) is 0 Å². The van der Waals surface area contributed by atoms with Gasteiger partial charge in [0.15, 0.2) is 0 Å². The second-order valence-corrected chi connectivity index (χ2v) is 11.0. The predicted octanol–water partition coefficient (Wildman–Crippen LogP) is 4.31. The molecule has 0 spiro atoms. The molecule has 2 aromatic carbocycles. The quantitative estimate of drug-likeness (QED) is 0.179. The van der Waals surface area contributed by atoms with Crippen LogP contribution in [0, 0.1) is 0 Å². The van der Waals surface area contributed by atoms with Crippen molar-refractivity contribution in [1.82, 2.24) is 15.5 Å². The fourth-order valence-corrected chi connectivity index (χ4v) is 5.31. The average molecular weight is 616 g/mol. The third-order valence-corrected chi connectivity index (χ3v) is 7.69. The molecule has 0 aromatic heterocycles. The second-order valence-electron chi connectivity index (χ2n) is 11.0. The van der Waals surface area contributed by atoms with Crippen molar-refractivity contribution >= 4 is 36.2 Å². The number of aliphatic carboxylic acids is 1. The molecule has 236 valence electrons. The maximum atomic E-state index is 13.8. The van der Waals surface area contributed by atoms with Crippen LogP contribution >= 0.6 is 12.4 Å². The number of hydrogen-bond donors (Lipinski definition) is 3. The maximum absolute atomic E-state index is 13.8. The van der Waals surface area contributed by atoms with Gasteiger partial charge in [0.1, 0.15) is 12.1 Å². The van der Waals surface area contributed by atoms with Gasteiger partial charge in [-0.25, -0.2) is 4.79 Å². The molecular formula is C33H46ClN3O6. The molecule has 9 nitrogen and oxygen atoms in total. The minimum Gasteiger partial charge on any atom is -0.480 e. The second kappa shape index (κ2) is 19.0. The number of carbonyl (C=O) groups is 4. The van der Waals surface area contributed by atoms with Gasteiger partial charge in [-0.2, -0.15) is 0 Å². The van der Waals surface area contributed by atoms with Gasteiger partial charge >= 0.3 is 11.9 Å². The van der Waals surface area contributed by atoms with Crippen LogP contribution < -0.4 is 10.6 Å². The van der Waals surface area contributed by atoms with Crippen LogP contribution in [0.1, 0.15) is 69.9 Å². The summed E-state index contributed by atoms with van der Waals surface area (Å²) in [5, 5.41) is 15.5. The zero-order valence-corrected chi connectivity index (χ0v) is 26.0. The highest BCUT2D eigenvalue weighted by Gasteiger charge is 2.34. The lowest BCUT2D eigenvalue weighted by molar-refractivity contribution is -0.147. The van der Waals surface area contributed by atoms with Gasteiger partial charge in [-0.1, -0.05) is 86.8 Å². The van der Waals surface area contributed by atoms with Crippen molar-refractivity contribution in [2.24, 2.45) is 0 Å². The molecule has 3 N–H and O–H groups in total. The Labute approximate surface area is 261 Å². The highest BCUT2D eigenvalue weighted by atomic mass is 35.5. The van der Waals surface area contributed by atoms with Crippen molar-refractivity contribution in [3.63, 3.8) is 0 Å². The number of esters is 1. The zero-order chi connectivity index (χ0) is 30.3. The molecule has 0 saturated heterocycles. The van der Waals surface area contributed by atoms with Gasteiger partial charge < -0.3 is 20.1 Å². The molecule has 2 amide bonds. The molecule has 0 aliphatic heterocycles. The third kappa shape index (κ3) is 12.0. The van der Waals surface area contributed by atoms with Crippen LogP contribution in [0.5, 0.6) is 0 Å². The molecule has 2 aromatic rings. The van der Waals surface area contributed by atoms with Gasteiger partial charge in [0.25, 0.3) is 0 Å². The number of carboxylic acids is 1. The summed E-state index contributed by atoms with van der Waals surface area (Å²) in [6.07, 6.45) is 6.34. The predicted molar refractivity (Wildman–Crippen MR) is 168 cm³/mol. The molecule has 0 unspecified atom stereocenters. The van der Waals surface area contributed by atoms with E-state index in [1.54, 1.807) is 11.8 Å². The van der Waals surface area contributed by atoms with E-state index in [1.807, 2.05) is 67.6 Å². The van der Waals surface area contributed by atoms with E-state index < -0.39 is 36.0 Å². The number of halogens is 1. The number of carboxylic acid groups (broad SMARTS) is 1. The Morgan fingerprint density at radius 1 is 0.953 bits per heavy atom. The summed E-state index contributed by atoms with van der Waals surface area (Å²) in [5.74, 6) is -2.35. The Bertz CT molecular complexity index is 1140. The molecule has 0 radical (unpaired) electrons. The van der Waals surface area contributed by atoms with Gasteiger partial charge in [0.05, 0.1) is 19.2 Å². The van der Waals surface area contributed by atoms with Crippen LogP contribution in [-0.4, -0.2) is 71.1 Å². The smallest absolute Gasteiger partial charge is 0.326 e. The maximum Gasteiger partial charge on any atom is 0.326 e. The number of nitrogens with zero attached hydrogens (tertiary/aromatic N) is 1. The summed E-state index contributed by atoms with van der Waals surface area (Å²) in [6, 6.07) is 16.2. The molecule has 0 bridgehead atoms. The fraction of sp³-hybridized carbons (Fsp3) is 0.515. The van der Waals surface area contributed by atoms with Gasteiger partial charge in [-0.3, -0.25) is 19.7 Å². The first-order chi connectivity index (χ1) is 20.3. The summed E-state index contributed by atoms with van der Waals surface area (Å²) >= 11 is 0. The standard InChI is InChI=1S/C33H45N3O6.ClH/c1-3-4-21-42-33(41)28(20-19-25-13-7-5-8-14-25)34-24(2)31(38)36(27-17-11-12-18-27)23-30(37)35-29(32(39)40)22-26-15-9-6-10-16-26;/h5-10,13-16,24,27-29,34H,3-4,11-12,17-23H2,1-2H3,(H,35,37)(H,39,40);1H/t24-,28+,29-;/m0./s1. The highest BCUT2D eigenvalue weighted by molar-refractivity contribution is 5.90. The molecule has 1 aliphatic carbocycles. The number of benzene rings is 2. The van der Waals surface area contributed by atoms with E-state index >= 15 is 0 Å². The molecular weight excluding hydrogens is 570 g/mol. The molecule has 1 aliphatic rings. The summed E-state index contributed by atoms with van der Waals surface area (Å²) in [6.45, 7) is 3.80. The number of rotatable bonds is 17. The summed E-state index contributed by atoms with van der Waals surface area (Å²) in [5.41, 5.74) is 1.87. The number of amides is 2. The summed E-state index contributed by atoms with van der Waals surface area (Å²) < 4.78 is 5.51. The number of hydrogen-bond acceptors (Lipinski definition) is 6. The van der Waals surface area contributed by atoms with Gasteiger partial charge in [-0.15, -0.1) is 12.4 Å². The molecule has 1 saturated carbocycles. The molecule has 1 fully saturated rings. The normalized spacial score (nSPS) is 15.0. The first-order valence-corrected chi connectivity index (χ1v) is 15.1. The number of unbranched alkanes of at least 4 members (excludes halogenated alkanes) is 1. The lowest BCUT2D eigenvalue weighted by Gasteiger charge is -2.32. The van der Waals surface area contributed by atoms with E-state index in [1.165, 1.54) is 0 Å². The van der Waals surface area contributed by atoms with E-state index in [0.29, 0.717) is 19.4 Å². The number of carbonyl (C=O) groups excluding carboxylic acids is 3. The number of aryl methyl sites for hydroxylation is 1. The molecule has 0 heterocycles. The van der Waals surface area contributed by atoms with E-state index in [4.69, 9.17) is 4.74 Å². The van der Waals surface area contributed by atoms with Crippen molar-refractivity contribution in [2.45, 2.75) is 95.8 Å². The SMILES string of the molecule is CCCCOC(=O)[C@@H](CCc1ccccc1)N[C@@H](C)C(=O)N(CC(=O)N[C@@H](Cc1ccccc1)C(=O)O)C1CCCC1.Cl. The largest absolute Gasteiger partial charge is 0.480 e. The van der Waals surface area contributed by atoms with Crippen LogP contribution in [0.15, 0.2) is 60.7 Å². The molecule has 3 atom stereocenters. The van der Waals surface area contributed by atoms with Gasteiger partial charge in [0.2, 0.25) is 11.8 Å². The summed E-state index contributed by atoms with van der Waals surface area (Å²) in [4.78, 5) is 53.4. The minimum atomic E-state index is -1.14. The number of nitrogens with one attached hydrogen (secondary N) is 2. The van der Waals surface area contributed by atoms with Crippen molar-refractivity contribution < 1.29 is 29.0 Å². The third-order valence-electron chi connectivity index (χ3n) is 7.69. The lowest BCUT2D eigenvalue weighted by atomic mass is 10.0. The first-order valence-electron chi connectivity index (χ1n) is 15.1. The Morgan fingerprint density at radius 2 is 1.56 bits per heavy atom. The van der Waals surface area contributed by atoms with E-state index in [2.05, 4.69) is 10.6 Å². The topological polar surface area (TPSA) is 125 Å². The van der Waals surface area contributed by atoms with Crippen LogP contribution in [0.3, 0.4) is 0 Å².